The Kier molecular flexibility index (Phi) is 6.91. The van der Waals surface area contributed by atoms with Crippen LogP contribution in [0.15, 0.2) is 48.5 Å². The summed E-state index contributed by atoms with van der Waals surface area (Å²) in [7, 11) is 0. The van der Waals surface area contributed by atoms with Crippen LogP contribution in [0.4, 0.5) is 0 Å². The number of aryl methyl sites for hydroxylation is 2. The largest absolute Gasteiger partial charge is 0.0616 e. The van der Waals surface area contributed by atoms with Crippen molar-refractivity contribution in [3.8, 4) is 11.1 Å². The Morgan fingerprint density at radius 3 is 1.70 bits per heavy atom. The molecule has 0 saturated heterocycles. The molecule has 0 bridgehead atoms. The van der Waals surface area contributed by atoms with Crippen LogP contribution in [-0.4, -0.2) is 0 Å². The molecule has 0 unspecified atom stereocenters. The number of rotatable bonds is 0. The highest BCUT2D eigenvalue weighted by molar-refractivity contribution is 6.04. The lowest BCUT2D eigenvalue weighted by atomic mass is 9.70. The van der Waals surface area contributed by atoms with Gasteiger partial charge >= 0.3 is 0 Å². The van der Waals surface area contributed by atoms with Crippen LogP contribution in [-0.2, 0) is 5.41 Å². The van der Waals surface area contributed by atoms with Gasteiger partial charge < -0.3 is 0 Å². The topological polar surface area (TPSA) is 0 Å². The van der Waals surface area contributed by atoms with Crippen molar-refractivity contribution < 1.29 is 0 Å². The molecule has 174 valence electrons. The summed E-state index contributed by atoms with van der Waals surface area (Å²) in [6.07, 6.45) is 19.6. The SMILES string of the molecule is Cc1ccc2c(c1)C1(CCCCCCCCCCCCCC1)c1cc(C)c3ccccc3c1-2. The van der Waals surface area contributed by atoms with E-state index in [0.29, 0.717) is 0 Å². The Labute approximate surface area is 201 Å². The maximum atomic E-state index is 2.58. The normalized spacial score (nSPS) is 19.6. The monoisotopic (exact) mass is 438 g/mol. The van der Waals surface area contributed by atoms with E-state index in [4.69, 9.17) is 0 Å². The Balaban J connectivity index is 1.61. The highest BCUT2D eigenvalue weighted by atomic mass is 14.5. The third-order valence-corrected chi connectivity index (χ3v) is 8.68. The van der Waals surface area contributed by atoms with Crippen LogP contribution in [0.25, 0.3) is 21.9 Å². The van der Waals surface area contributed by atoms with Gasteiger partial charge in [0.15, 0.2) is 0 Å². The molecule has 1 spiro atoms. The third-order valence-electron chi connectivity index (χ3n) is 8.68. The minimum atomic E-state index is 0.200. The van der Waals surface area contributed by atoms with E-state index < -0.39 is 0 Å². The van der Waals surface area contributed by atoms with Crippen LogP contribution < -0.4 is 0 Å². The molecule has 2 aliphatic rings. The predicted molar refractivity (Wildman–Crippen MR) is 144 cm³/mol. The number of benzene rings is 3. The summed E-state index contributed by atoms with van der Waals surface area (Å²) in [4.78, 5) is 0. The minimum absolute atomic E-state index is 0.200. The average Bonchev–Trinajstić information content (AvgIpc) is 3.07. The van der Waals surface area contributed by atoms with Crippen LogP contribution in [0.5, 0.6) is 0 Å². The van der Waals surface area contributed by atoms with Crippen molar-refractivity contribution in [2.24, 2.45) is 0 Å². The molecule has 0 heterocycles. The number of fused-ring (bicyclic) bond motifs is 7. The molecule has 0 N–H and O–H groups in total. The first-order valence-corrected chi connectivity index (χ1v) is 13.8. The Bertz CT molecular complexity index is 1090. The van der Waals surface area contributed by atoms with E-state index in [2.05, 4.69) is 62.4 Å². The first kappa shape index (κ1) is 22.7. The molecule has 0 nitrogen and oxygen atoms in total. The number of hydrogen-bond donors (Lipinski definition) is 0. The lowest BCUT2D eigenvalue weighted by molar-refractivity contribution is 0.399. The second kappa shape index (κ2) is 10.0. The lowest BCUT2D eigenvalue weighted by Gasteiger charge is -2.33. The van der Waals surface area contributed by atoms with Crippen molar-refractivity contribution in [2.45, 2.75) is 109 Å². The molecule has 3 aromatic carbocycles. The summed E-state index contributed by atoms with van der Waals surface area (Å²) in [5.74, 6) is 0. The van der Waals surface area contributed by atoms with E-state index in [9.17, 15) is 0 Å². The van der Waals surface area contributed by atoms with E-state index in [1.54, 1.807) is 16.7 Å². The summed E-state index contributed by atoms with van der Waals surface area (Å²) < 4.78 is 0. The highest BCUT2D eigenvalue weighted by Crippen LogP contribution is 2.56. The van der Waals surface area contributed by atoms with E-state index in [-0.39, 0.29) is 5.41 Å². The van der Waals surface area contributed by atoms with Gasteiger partial charge in [-0.3, -0.25) is 0 Å². The molecule has 0 atom stereocenters. The van der Waals surface area contributed by atoms with Crippen molar-refractivity contribution in [1.29, 1.82) is 0 Å². The zero-order valence-electron chi connectivity index (χ0n) is 21.0. The molecule has 3 aromatic rings. The molecule has 0 radical (unpaired) electrons. The maximum absolute atomic E-state index is 2.58. The van der Waals surface area contributed by atoms with E-state index in [1.165, 1.54) is 117 Å². The van der Waals surface area contributed by atoms with Gasteiger partial charge in [0.25, 0.3) is 0 Å². The Hall–Kier alpha value is -2.08. The van der Waals surface area contributed by atoms with E-state index in [0.717, 1.165) is 0 Å². The Morgan fingerprint density at radius 2 is 1.09 bits per heavy atom. The average molecular weight is 439 g/mol. The van der Waals surface area contributed by atoms with Gasteiger partial charge in [0, 0.05) is 5.41 Å². The van der Waals surface area contributed by atoms with Crippen LogP contribution in [0.2, 0.25) is 0 Å². The van der Waals surface area contributed by atoms with Crippen LogP contribution in [0.1, 0.15) is 112 Å². The summed E-state index contributed by atoms with van der Waals surface area (Å²) in [5, 5.41) is 2.89. The van der Waals surface area contributed by atoms with Gasteiger partial charge in [-0.25, -0.2) is 0 Å². The predicted octanol–water partition coefficient (Wildman–Crippen LogP) is 10.2. The fourth-order valence-corrected chi connectivity index (χ4v) is 6.93. The van der Waals surface area contributed by atoms with Gasteiger partial charge in [0.2, 0.25) is 0 Å². The standard InChI is InChI=1S/C33H42/c1-25-19-20-29-30(23-25)33(31-24-26(2)27-17-13-14-18-28(27)32(29)31)21-15-11-9-7-5-3-4-6-8-10-12-16-22-33/h13-14,17-20,23-24H,3-12,15-16,21-22H2,1-2H3. The Morgan fingerprint density at radius 1 is 0.545 bits per heavy atom. The fraction of sp³-hybridized carbons (Fsp3) is 0.515. The zero-order valence-corrected chi connectivity index (χ0v) is 21.0. The minimum Gasteiger partial charge on any atom is -0.0616 e. The van der Waals surface area contributed by atoms with Crippen LogP contribution >= 0.6 is 0 Å². The molecule has 0 heteroatoms. The van der Waals surface area contributed by atoms with Gasteiger partial charge in [0.1, 0.15) is 0 Å². The van der Waals surface area contributed by atoms with Gasteiger partial charge in [-0.15, -0.1) is 0 Å². The quantitative estimate of drug-likeness (QED) is 0.327. The smallest absolute Gasteiger partial charge is 0.0215 e. The van der Waals surface area contributed by atoms with Gasteiger partial charge in [-0.2, -0.15) is 0 Å². The van der Waals surface area contributed by atoms with Crippen molar-refractivity contribution in [3.05, 3.63) is 70.8 Å². The second-order valence-electron chi connectivity index (χ2n) is 11.0. The second-order valence-corrected chi connectivity index (χ2v) is 11.0. The molecule has 0 aromatic heterocycles. The molecular formula is C33H42. The van der Waals surface area contributed by atoms with Crippen LogP contribution in [0, 0.1) is 13.8 Å². The molecule has 33 heavy (non-hydrogen) atoms. The summed E-state index contributed by atoms with van der Waals surface area (Å²) >= 11 is 0. The van der Waals surface area contributed by atoms with E-state index >= 15 is 0 Å². The van der Waals surface area contributed by atoms with Crippen molar-refractivity contribution in [2.75, 3.05) is 0 Å². The highest BCUT2D eigenvalue weighted by Gasteiger charge is 2.43. The fourth-order valence-electron chi connectivity index (χ4n) is 6.93. The zero-order chi connectivity index (χ0) is 22.7. The van der Waals surface area contributed by atoms with E-state index in [1.807, 2.05) is 0 Å². The maximum Gasteiger partial charge on any atom is 0.0215 e. The third kappa shape index (κ3) is 4.39. The first-order chi connectivity index (χ1) is 16.2. The van der Waals surface area contributed by atoms with Crippen molar-refractivity contribution in [1.82, 2.24) is 0 Å². The van der Waals surface area contributed by atoms with Crippen LogP contribution in [0.3, 0.4) is 0 Å². The van der Waals surface area contributed by atoms with Crippen molar-refractivity contribution in [3.63, 3.8) is 0 Å². The molecule has 5 rings (SSSR count). The molecule has 1 fully saturated rings. The number of hydrogen-bond acceptors (Lipinski definition) is 0. The summed E-state index contributed by atoms with van der Waals surface area (Å²) in [6, 6.07) is 19.0. The van der Waals surface area contributed by atoms with Gasteiger partial charge in [0.05, 0.1) is 0 Å². The first-order valence-electron chi connectivity index (χ1n) is 13.8. The molecular weight excluding hydrogens is 396 g/mol. The lowest BCUT2D eigenvalue weighted by Crippen LogP contribution is -2.26. The molecule has 0 amide bonds. The molecule has 0 aliphatic heterocycles. The van der Waals surface area contributed by atoms with Gasteiger partial charge in [-0.05, 0) is 65.3 Å². The van der Waals surface area contributed by atoms with Crippen molar-refractivity contribution >= 4 is 10.8 Å². The van der Waals surface area contributed by atoms with Gasteiger partial charge in [-0.1, -0.05) is 131 Å². The summed E-state index contributed by atoms with van der Waals surface area (Å²) in [6.45, 7) is 4.62. The molecule has 2 aliphatic carbocycles. The molecule has 1 saturated carbocycles. The summed E-state index contributed by atoms with van der Waals surface area (Å²) in [5.41, 5.74) is 9.41.